The van der Waals surface area contributed by atoms with Crippen LogP contribution in [0, 0.1) is 5.92 Å². The van der Waals surface area contributed by atoms with Crippen molar-refractivity contribution in [2.24, 2.45) is 11.7 Å². The summed E-state index contributed by atoms with van der Waals surface area (Å²) in [6.07, 6.45) is 5.29. The van der Waals surface area contributed by atoms with Crippen molar-refractivity contribution >= 4 is 17.3 Å². The number of nitrogens with two attached hydrogens (primary N) is 1. The van der Waals surface area contributed by atoms with Crippen LogP contribution in [0.15, 0.2) is 24.3 Å². The summed E-state index contributed by atoms with van der Waals surface area (Å²) in [5.41, 5.74) is 6.92. The molecular formula is C13H19ClN2. The molecule has 88 valence electrons. The SMILES string of the molecule is NCC(Nc1cccc(Cl)c1)C1CCCC1. The topological polar surface area (TPSA) is 38.0 Å². The Balaban J connectivity index is 2.00. The first kappa shape index (κ1) is 11.7. The van der Waals surface area contributed by atoms with E-state index in [2.05, 4.69) is 5.32 Å². The molecule has 0 aliphatic heterocycles. The lowest BCUT2D eigenvalue weighted by Crippen LogP contribution is -2.35. The van der Waals surface area contributed by atoms with Gasteiger partial charge in [0.25, 0.3) is 0 Å². The fourth-order valence-corrected chi connectivity index (χ4v) is 2.71. The van der Waals surface area contributed by atoms with Crippen LogP contribution >= 0.6 is 11.6 Å². The van der Waals surface area contributed by atoms with Crippen LogP contribution in [0.4, 0.5) is 5.69 Å². The van der Waals surface area contributed by atoms with Crippen molar-refractivity contribution in [1.29, 1.82) is 0 Å². The predicted octanol–water partition coefficient (Wildman–Crippen LogP) is 3.27. The van der Waals surface area contributed by atoms with Crippen LogP contribution in [-0.4, -0.2) is 12.6 Å². The molecule has 2 nitrogen and oxygen atoms in total. The molecule has 1 aliphatic carbocycles. The van der Waals surface area contributed by atoms with E-state index in [1.165, 1.54) is 25.7 Å². The van der Waals surface area contributed by atoms with Crippen molar-refractivity contribution in [1.82, 2.24) is 0 Å². The van der Waals surface area contributed by atoms with Gasteiger partial charge in [0.1, 0.15) is 0 Å². The second-order valence-corrected chi connectivity index (χ2v) is 4.98. The van der Waals surface area contributed by atoms with Crippen LogP contribution in [0.2, 0.25) is 5.02 Å². The lowest BCUT2D eigenvalue weighted by atomic mass is 9.98. The van der Waals surface area contributed by atoms with Crippen molar-refractivity contribution < 1.29 is 0 Å². The number of anilines is 1. The molecule has 2 rings (SSSR count). The van der Waals surface area contributed by atoms with E-state index in [0.29, 0.717) is 12.6 Å². The van der Waals surface area contributed by atoms with Gasteiger partial charge in [-0.1, -0.05) is 30.5 Å². The van der Waals surface area contributed by atoms with Crippen molar-refractivity contribution in [3.63, 3.8) is 0 Å². The maximum atomic E-state index is 5.96. The van der Waals surface area contributed by atoms with Gasteiger partial charge in [-0.3, -0.25) is 0 Å². The molecule has 3 N–H and O–H groups in total. The first-order valence-corrected chi connectivity index (χ1v) is 6.39. The smallest absolute Gasteiger partial charge is 0.0426 e. The maximum absolute atomic E-state index is 5.96. The van der Waals surface area contributed by atoms with Crippen molar-refractivity contribution in [3.8, 4) is 0 Å². The van der Waals surface area contributed by atoms with Gasteiger partial charge in [0.2, 0.25) is 0 Å². The van der Waals surface area contributed by atoms with Crippen LogP contribution < -0.4 is 11.1 Å². The summed E-state index contributed by atoms with van der Waals surface area (Å²) in [5, 5.41) is 4.27. The third-order valence-corrected chi connectivity index (χ3v) is 3.63. The molecule has 1 unspecified atom stereocenters. The summed E-state index contributed by atoms with van der Waals surface area (Å²) in [5.74, 6) is 0.726. The summed E-state index contributed by atoms with van der Waals surface area (Å²) in [7, 11) is 0. The van der Waals surface area contributed by atoms with E-state index in [1.807, 2.05) is 24.3 Å². The van der Waals surface area contributed by atoms with Gasteiger partial charge < -0.3 is 11.1 Å². The average molecular weight is 239 g/mol. The number of hydrogen-bond acceptors (Lipinski definition) is 2. The van der Waals surface area contributed by atoms with Crippen LogP contribution in [0.5, 0.6) is 0 Å². The van der Waals surface area contributed by atoms with Gasteiger partial charge in [0.05, 0.1) is 0 Å². The number of hydrogen-bond donors (Lipinski definition) is 2. The Morgan fingerprint density at radius 1 is 1.38 bits per heavy atom. The fraction of sp³-hybridized carbons (Fsp3) is 0.538. The molecule has 0 saturated heterocycles. The number of nitrogens with one attached hydrogen (secondary N) is 1. The Morgan fingerprint density at radius 3 is 2.75 bits per heavy atom. The van der Waals surface area contributed by atoms with Crippen LogP contribution in [0.1, 0.15) is 25.7 Å². The minimum atomic E-state index is 0.390. The second-order valence-electron chi connectivity index (χ2n) is 4.54. The fourth-order valence-electron chi connectivity index (χ4n) is 2.52. The molecule has 1 aromatic rings. The van der Waals surface area contributed by atoms with Gasteiger partial charge in [-0.15, -0.1) is 0 Å². The predicted molar refractivity (Wildman–Crippen MR) is 69.9 cm³/mol. The van der Waals surface area contributed by atoms with E-state index < -0.39 is 0 Å². The zero-order chi connectivity index (χ0) is 11.4. The van der Waals surface area contributed by atoms with Crippen LogP contribution in [0.3, 0.4) is 0 Å². The van der Waals surface area contributed by atoms with Crippen LogP contribution in [0.25, 0.3) is 0 Å². The molecule has 1 aromatic carbocycles. The second kappa shape index (κ2) is 5.55. The maximum Gasteiger partial charge on any atom is 0.0426 e. The normalized spacial score (nSPS) is 18.6. The quantitative estimate of drug-likeness (QED) is 0.845. The van der Waals surface area contributed by atoms with E-state index in [-0.39, 0.29) is 0 Å². The van der Waals surface area contributed by atoms with Gasteiger partial charge >= 0.3 is 0 Å². The van der Waals surface area contributed by atoms with Crippen molar-refractivity contribution in [3.05, 3.63) is 29.3 Å². The molecule has 3 heteroatoms. The summed E-state index contributed by atoms with van der Waals surface area (Å²) in [4.78, 5) is 0. The molecule has 0 aromatic heterocycles. The summed E-state index contributed by atoms with van der Waals surface area (Å²) in [6, 6.07) is 8.25. The van der Waals surface area contributed by atoms with Gasteiger partial charge in [-0.25, -0.2) is 0 Å². The van der Waals surface area contributed by atoms with E-state index in [1.54, 1.807) is 0 Å². The van der Waals surface area contributed by atoms with Crippen LogP contribution in [-0.2, 0) is 0 Å². The minimum absolute atomic E-state index is 0.390. The molecule has 0 amide bonds. The largest absolute Gasteiger partial charge is 0.381 e. The highest BCUT2D eigenvalue weighted by Crippen LogP contribution is 2.29. The standard InChI is InChI=1S/C13H19ClN2/c14-11-6-3-7-12(8-11)16-13(9-15)10-4-1-2-5-10/h3,6-8,10,13,16H,1-2,4-5,9,15H2. The molecule has 16 heavy (non-hydrogen) atoms. The van der Waals surface area contributed by atoms with Gasteiger partial charge in [0.15, 0.2) is 0 Å². The van der Waals surface area contributed by atoms with E-state index in [9.17, 15) is 0 Å². The van der Waals surface area contributed by atoms with Gasteiger partial charge in [-0.05, 0) is 37.0 Å². The highest BCUT2D eigenvalue weighted by molar-refractivity contribution is 6.30. The van der Waals surface area contributed by atoms with E-state index >= 15 is 0 Å². The summed E-state index contributed by atoms with van der Waals surface area (Å²) < 4.78 is 0. The van der Waals surface area contributed by atoms with E-state index in [4.69, 9.17) is 17.3 Å². The molecule has 1 aliphatic rings. The molecule has 0 heterocycles. The minimum Gasteiger partial charge on any atom is -0.381 e. The van der Waals surface area contributed by atoms with Gasteiger partial charge in [0, 0.05) is 23.3 Å². The Hall–Kier alpha value is -0.730. The summed E-state index contributed by atoms with van der Waals surface area (Å²) in [6.45, 7) is 0.692. The number of benzene rings is 1. The zero-order valence-corrected chi connectivity index (χ0v) is 10.2. The number of rotatable bonds is 4. The third-order valence-electron chi connectivity index (χ3n) is 3.40. The Bertz CT molecular complexity index is 334. The Kier molecular flexibility index (Phi) is 4.08. The highest BCUT2D eigenvalue weighted by atomic mass is 35.5. The molecule has 1 saturated carbocycles. The molecule has 1 fully saturated rings. The first-order valence-electron chi connectivity index (χ1n) is 6.02. The average Bonchev–Trinajstić information content (AvgIpc) is 2.79. The Labute approximate surface area is 102 Å². The van der Waals surface area contributed by atoms with Crippen molar-refractivity contribution in [2.75, 3.05) is 11.9 Å². The lowest BCUT2D eigenvalue weighted by molar-refractivity contribution is 0.462. The molecule has 1 atom stereocenters. The molecule has 0 radical (unpaired) electrons. The van der Waals surface area contributed by atoms with Crippen molar-refractivity contribution in [2.45, 2.75) is 31.7 Å². The lowest BCUT2D eigenvalue weighted by Gasteiger charge is -2.24. The Morgan fingerprint density at radius 2 is 2.12 bits per heavy atom. The van der Waals surface area contributed by atoms with Gasteiger partial charge in [-0.2, -0.15) is 0 Å². The highest BCUT2D eigenvalue weighted by Gasteiger charge is 2.23. The third kappa shape index (κ3) is 2.89. The first-order chi connectivity index (χ1) is 7.79. The van der Waals surface area contributed by atoms with E-state index in [0.717, 1.165) is 16.6 Å². The summed E-state index contributed by atoms with van der Waals surface area (Å²) >= 11 is 5.96. The molecule has 0 spiro atoms. The molecule has 0 bridgehead atoms. The monoisotopic (exact) mass is 238 g/mol. The zero-order valence-electron chi connectivity index (χ0n) is 9.45. The molecular weight excluding hydrogens is 220 g/mol. The number of halogens is 1.